The molecular weight excluding hydrogens is 442 g/mol. The van der Waals surface area contributed by atoms with Gasteiger partial charge in [-0.05, 0) is 43.0 Å². The third-order valence-corrected chi connectivity index (χ3v) is 8.10. The number of aromatic nitrogens is 3. The number of nitrogens with zero attached hydrogens (tertiary/aromatic N) is 3. The number of rotatable bonds is 4. The Bertz CT molecular complexity index is 1270. The highest BCUT2D eigenvalue weighted by Gasteiger charge is 2.39. The molecule has 0 spiro atoms. The molecule has 3 N–H and O–H groups in total. The van der Waals surface area contributed by atoms with Gasteiger partial charge in [-0.1, -0.05) is 23.7 Å². The number of hydrogen-bond acceptors (Lipinski definition) is 6. The smallest absolute Gasteiger partial charge is 0.138 e. The molecule has 6 rings (SSSR count). The van der Waals surface area contributed by atoms with E-state index in [1.54, 1.807) is 6.20 Å². The van der Waals surface area contributed by atoms with Crippen LogP contribution in [-0.4, -0.2) is 46.2 Å². The molecule has 8 heteroatoms. The maximum Gasteiger partial charge on any atom is 0.138 e. The van der Waals surface area contributed by atoms with Gasteiger partial charge in [0.15, 0.2) is 0 Å². The Morgan fingerprint density at radius 1 is 1.06 bits per heavy atom. The van der Waals surface area contributed by atoms with Gasteiger partial charge >= 0.3 is 0 Å². The number of thiazole rings is 1. The predicted octanol–water partition coefficient (Wildman–Crippen LogP) is 4.79. The topological polar surface area (TPSA) is 77.1 Å². The Morgan fingerprint density at radius 3 is 2.56 bits per heavy atom. The summed E-state index contributed by atoms with van der Waals surface area (Å²) < 4.78 is 0. The van der Waals surface area contributed by atoms with Crippen LogP contribution in [-0.2, 0) is 5.60 Å². The van der Waals surface area contributed by atoms with Gasteiger partial charge in [0.05, 0.1) is 9.90 Å². The van der Waals surface area contributed by atoms with Crippen molar-refractivity contribution in [3.63, 3.8) is 0 Å². The number of H-pyrrole nitrogens is 1. The predicted molar refractivity (Wildman–Crippen MR) is 130 cm³/mol. The lowest BCUT2D eigenvalue weighted by Crippen LogP contribution is -2.43. The van der Waals surface area contributed by atoms with Crippen LogP contribution in [0, 0.1) is 0 Å². The summed E-state index contributed by atoms with van der Waals surface area (Å²) in [4.78, 5) is 15.9. The van der Waals surface area contributed by atoms with Crippen LogP contribution in [0.5, 0.6) is 0 Å². The number of piperazine rings is 1. The lowest BCUT2D eigenvalue weighted by molar-refractivity contribution is -0.0389. The number of anilines is 1. The Morgan fingerprint density at radius 2 is 1.84 bits per heavy atom. The van der Waals surface area contributed by atoms with Gasteiger partial charge in [-0.15, -0.1) is 11.3 Å². The first-order valence-corrected chi connectivity index (χ1v) is 12.2. The minimum atomic E-state index is -0.767. The molecule has 164 valence electrons. The second kappa shape index (κ2) is 7.85. The van der Waals surface area contributed by atoms with E-state index in [4.69, 9.17) is 11.6 Å². The van der Waals surface area contributed by atoms with Crippen LogP contribution in [0.4, 0.5) is 5.69 Å². The second-order valence-electron chi connectivity index (χ2n) is 8.63. The molecule has 2 fully saturated rings. The minimum absolute atomic E-state index is 0.591. The van der Waals surface area contributed by atoms with Crippen molar-refractivity contribution in [2.45, 2.75) is 24.9 Å². The number of benzene rings is 1. The van der Waals surface area contributed by atoms with Crippen LogP contribution in [0.3, 0.4) is 0 Å². The highest BCUT2D eigenvalue weighted by molar-refractivity contribution is 7.15. The van der Waals surface area contributed by atoms with Gasteiger partial charge in [0.25, 0.3) is 0 Å². The van der Waals surface area contributed by atoms with Gasteiger partial charge in [-0.25, -0.2) is 9.97 Å². The van der Waals surface area contributed by atoms with Crippen molar-refractivity contribution < 1.29 is 5.11 Å². The summed E-state index contributed by atoms with van der Waals surface area (Å²) in [5.74, 6) is 0. The van der Waals surface area contributed by atoms with Gasteiger partial charge in [0.2, 0.25) is 0 Å². The summed E-state index contributed by atoms with van der Waals surface area (Å²) >= 11 is 8.12. The van der Waals surface area contributed by atoms with Crippen LogP contribution < -0.4 is 10.2 Å². The molecule has 0 unspecified atom stereocenters. The molecule has 1 aliphatic carbocycles. The molecule has 4 aromatic rings. The summed E-state index contributed by atoms with van der Waals surface area (Å²) in [7, 11) is 0. The van der Waals surface area contributed by atoms with Crippen molar-refractivity contribution >= 4 is 39.7 Å². The van der Waals surface area contributed by atoms with Crippen LogP contribution in [0.25, 0.3) is 32.7 Å². The summed E-state index contributed by atoms with van der Waals surface area (Å²) in [6, 6.07) is 10.8. The quantitative estimate of drug-likeness (QED) is 0.404. The first-order valence-electron chi connectivity index (χ1n) is 11.0. The maximum absolute atomic E-state index is 10.7. The molecule has 0 radical (unpaired) electrons. The zero-order chi connectivity index (χ0) is 21.7. The number of hydrogen-bond donors (Lipinski definition) is 3. The molecule has 32 heavy (non-hydrogen) atoms. The largest absolute Gasteiger partial charge is 0.383 e. The molecule has 1 saturated carbocycles. The maximum atomic E-state index is 10.7. The molecule has 0 atom stereocenters. The van der Waals surface area contributed by atoms with E-state index in [1.165, 1.54) is 17.0 Å². The zero-order valence-corrected chi connectivity index (χ0v) is 19.1. The Hall–Kier alpha value is -2.45. The molecule has 1 saturated heterocycles. The fourth-order valence-corrected chi connectivity index (χ4v) is 6.01. The molecule has 1 aliphatic heterocycles. The van der Waals surface area contributed by atoms with Gasteiger partial charge in [0, 0.05) is 60.9 Å². The average Bonchev–Trinajstić information content (AvgIpc) is 3.46. The number of aromatic amines is 1. The van der Waals surface area contributed by atoms with Crippen molar-refractivity contribution in [1.82, 2.24) is 20.3 Å². The minimum Gasteiger partial charge on any atom is -0.383 e. The van der Waals surface area contributed by atoms with Crippen molar-refractivity contribution in [3.8, 4) is 21.7 Å². The fraction of sp³-hybridized carbons (Fsp3) is 0.333. The second-order valence-corrected chi connectivity index (χ2v) is 10.1. The van der Waals surface area contributed by atoms with Crippen LogP contribution >= 0.6 is 22.9 Å². The van der Waals surface area contributed by atoms with Gasteiger partial charge in [-0.3, -0.25) is 0 Å². The zero-order valence-electron chi connectivity index (χ0n) is 17.6. The average molecular weight is 466 g/mol. The highest BCUT2D eigenvalue weighted by Crippen LogP contribution is 2.46. The van der Waals surface area contributed by atoms with Crippen LogP contribution in [0.1, 0.15) is 24.3 Å². The number of aliphatic hydroxyl groups is 1. The molecular formula is C24H24ClN5OS. The molecule has 3 aromatic heterocycles. The van der Waals surface area contributed by atoms with Crippen molar-refractivity contribution in [2.24, 2.45) is 0 Å². The summed E-state index contributed by atoms with van der Waals surface area (Å²) in [5.41, 5.74) is 4.31. The summed E-state index contributed by atoms with van der Waals surface area (Å²) in [6.07, 6.45) is 6.10. The van der Waals surface area contributed by atoms with E-state index in [2.05, 4.69) is 55.5 Å². The molecule has 0 amide bonds. The van der Waals surface area contributed by atoms with E-state index < -0.39 is 5.60 Å². The Labute approximate surface area is 195 Å². The van der Waals surface area contributed by atoms with Crippen molar-refractivity contribution in [3.05, 3.63) is 52.8 Å². The van der Waals surface area contributed by atoms with E-state index in [9.17, 15) is 5.11 Å². The van der Waals surface area contributed by atoms with E-state index >= 15 is 0 Å². The third kappa shape index (κ3) is 3.40. The van der Waals surface area contributed by atoms with Gasteiger partial charge in [-0.2, -0.15) is 0 Å². The summed E-state index contributed by atoms with van der Waals surface area (Å²) in [5, 5.41) is 16.4. The first kappa shape index (κ1) is 20.2. The lowest BCUT2D eigenvalue weighted by Gasteiger charge is -2.34. The van der Waals surface area contributed by atoms with E-state index in [1.807, 2.05) is 6.20 Å². The highest BCUT2D eigenvalue weighted by atomic mass is 35.5. The molecule has 4 heterocycles. The van der Waals surface area contributed by atoms with E-state index in [0.29, 0.717) is 5.02 Å². The number of fused-ring (bicyclic) bond motifs is 1. The standard InChI is InChI=1S/C24H24ClN5OS/c25-18-13-27-22-17(21(18)20-14-28-23(32-20)24(31)6-1-7-24)12-19(29-22)15-2-4-16(5-3-15)30-10-8-26-9-11-30/h2-5,12-14,26,31H,1,6-11H2,(H,27,29). The Kier molecular flexibility index (Phi) is 4.95. The summed E-state index contributed by atoms with van der Waals surface area (Å²) in [6.45, 7) is 4.11. The van der Waals surface area contributed by atoms with Crippen molar-refractivity contribution in [1.29, 1.82) is 0 Å². The third-order valence-electron chi connectivity index (χ3n) is 6.60. The van der Waals surface area contributed by atoms with E-state index in [-0.39, 0.29) is 0 Å². The monoisotopic (exact) mass is 465 g/mol. The van der Waals surface area contributed by atoms with Crippen LogP contribution in [0.15, 0.2) is 42.7 Å². The molecule has 0 bridgehead atoms. The number of halogens is 1. The lowest BCUT2D eigenvalue weighted by atomic mass is 9.81. The number of pyridine rings is 1. The first-order chi connectivity index (χ1) is 15.6. The van der Waals surface area contributed by atoms with Crippen LogP contribution in [0.2, 0.25) is 5.02 Å². The van der Waals surface area contributed by atoms with E-state index in [0.717, 1.165) is 83.2 Å². The molecule has 1 aromatic carbocycles. The van der Waals surface area contributed by atoms with Gasteiger partial charge < -0.3 is 20.3 Å². The molecule has 6 nitrogen and oxygen atoms in total. The Balaban J connectivity index is 1.36. The molecule has 2 aliphatic rings. The fourth-order valence-electron chi connectivity index (χ4n) is 4.56. The SMILES string of the molecule is OC1(c2ncc(-c3c(Cl)cnc4[nH]c(-c5ccc(N6CCNCC6)cc5)cc34)s2)CCC1. The van der Waals surface area contributed by atoms with Gasteiger partial charge in [0.1, 0.15) is 16.3 Å². The number of nitrogens with one attached hydrogen (secondary N) is 2. The normalized spacial score (nSPS) is 18.1. The van der Waals surface area contributed by atoms with Crippen molar-refractivity contribution in [2.75, 3.05) is 31.1 Å².